The first-order valence-electron chi connectivity index (χ1n) is 6.25. The molecule has 0 aliphatic carbocycles. The number of benzene rings is 1. The van der Waals surface area contributed by atoms with Crippen LogP contribution in [0.2, 0.25) is 0 Å². The van der Waals surface area contributed by atoms with E-state index >= 15 is 0 Å². The van der Waals surface area contributed by atoms with Gasteiger partial charge in [-0.3, -0.25) is 4.79 Å². The standard InChI is InChI=1S/C13H14F3NO3S/c1-17(11-5-6-21(19,20)8-11)12(18)9-3-2-4-10(7-9)13(14,15)16/h2-4,7,11H,5-6,8H2,1H3. The van der Waals surface area contributed by atoms with Crippen LogP contribution in [0.5, 0.6) is 0 Å². The molecule has 1 heterocycles. The second-order valence-electron chi connectivity index (χ2n) is 5.05. The molecule has 8 heteroatoms. The van der Waals surface area contributed by atoms with Crippen molar-refractivity contribution in [2.75, 3.05) is 18.6 Å². The second kappa shape index (κ2) is 5.32. The monoisotopic (exact) mass is 321 g/mol. The third kappa shape index (κ3) is 3.55. The van der Waals surface area contributed by atoms with Crippen molar-refractivity contribution in [3.63, 3.8) is 0 Å². The summed E-state index contributed by atoms with van der Waals surface area (Å²) in [5, 5.41) is 0. The molecule has 0 N–H and O–H groups in total. The van der Waals surface area contributed by atoms with Gasteiger partial charge in [0.25, 0.3) is 5.91 Å². The normalized spacial score (nSPS) is 21.2. The Kier molecular flexibility index (Phi) is 4.01. The first-order valence-corrected chi connectivity index (χ1v) is 8.07. The molecule has 1 aliphatic heterocycles. The zero-order valence-electron chi connectivity index (χ0n) is 11.2. The van der Waals surface area contributed by atoms with Crippen LogP contribution in [0.15, 0.2) is 24.3 Å². The fourth-order valence-electron chi connectivity index (χ4n) is 2.28. The largest absolute Gasteiger partial charge is 0.416 e. The van der Waals surface area contributed by atoms with Crippen molar-refractivity contribution in [2.45, 2.75) is 18.6 Å². The number of hydrogen-bond donors (Lipinski definition) is 0. The molecule has 21 heavy (non-hydrogen) atoms. The number of rotatable bonds is 2. The van der Waals surface area contributed by atoms with E-state index in [9.17, 15) is 26.4 Å². The third-order valence-electron chi connectivity index (χ3n) is 3.51. The van der Waals surface area contributed by atoms with Gasteiger partial charge in [0.1, 0.15) is 0 Å². The third-order valence-corrected chi connectivity index (χ3v) is 5.26. The maximum Gasteiger partial charge on any atom is 0.416 e. The summed E-state index contributed by atoms with van der Waals surface area (Å²) in [5.41, 5.74) is -1.00. The Hall–Kier alpha value is -1.57. The molecule has 1 saturated heterocycles. The van der Waals surface area contributed by atoms with Crippen LogP contribution in [0.4, 0.5) is 13.2 Å². The van der Waals surface area contributed by atoms with Gasteiger partial charge in [-0.25, -0.2) is 8.42 Å². The van der Waals surface area contributed by atoms with Crippen molar-refractivity contribution in [3.8, 4) is 0 Å². The van der Waals surface area contributed by atoms with Gasteiger partial charge in [-0.05, 0) is 24.6 Å². The highest BCUT2D eigenvalue weighted by Gasteiger charge is 2.34. The molecular weight excluding hydrogens is 307 g/mol. The zero-order valence-corrected chi connectivity index (χ0v) is 12.0. The summed E-state index contributed by atoms with van der Waals surface area (Å²) in [6, 6.07) is 3.63. The molecule has 1 fully saturated rings. The number of halogens is 3. The van der Waals surface area contributed by atoms with Gasteiger partial charge >= 0.3 is 6.18 Å². The lowest BCUT2D eigenvalue weighted by Gasteiger charge is -2.23. The van der Waals surface area contributed by atoms with Gasteiger partial charge in [-0.1, -0.05) is 6.07 Å². The highest BCUT2D eigenvalue weighted by molar-refractivity contribution is 7.91. The fourth-order valence-corrected chi connectivity index (χ4v) is 4.05. The Morgan fingerprint density at radius 2 is 2.00 bits per heavy atom. The van der Waals surface area contributed by atoms with Crippen LogP contribution in [0.3, 0.4) is 0 Å². The number of hydrogen-bond acceptors (Lipinski definition) is 3. The Bertz CT molecular complexity index is 655. The lowest BCUT2D eigenvalue weighted by molar-refractivity contribution is -0.137. The van der Waals surface area contributed by atoms with E-state index in [1.54, 1.807) is 0 Å². The molecule has 116 valence electrons. The predicted molar refractivity (Wildman–Crippen MR) is 70.6 cm³/mol. The first-order chi connectivity index (χ1) is 9.60. The van der Waals surface area contributed by atoms with E-state index in [-0.39, 0.29) is 17.1 Å². The fraction of sp³-hybridized carbons (Fsp3) is 0.462. The van der Waals surface area contributed by atoms with E-state index < -0.39 is 33.5 Å². The second-order valence-corrected chi connectivity index (χ2v) is 7.28. The molecule has 1 unspecified atom stereocenters. The molecule has 0 radical (unpaired) electrons. The van der Waals surface area contributed by atoms with Gasteiger partial charge in [0.2, 0.25) is 0 Å². The summed E-state index contributed by atoms with van der Waals surface area (Å²) in [6.45, 7) is 0. The molecule has 1 amide bonds. The number of carbonyl (C=O) groups is 1. The molecule has 0 aromatic heterocycles. The summed E-state index contributed by atoms with van der Waals surface area (Å²) < 4.78 is 60.7. The maximum absolute atomic E-state index is 12.6. The summed E-state index contributed by atoms with van der Waals surface area (Å²) >= 11 is 0. The van der Waals surface area contributed by atoms with Crippen molar-refractivity contribution in [1.82, 2.24) is 4.90 Å². The van der Waals surface area contributed by atoms with E-state index in [2.05, 4.69) is 0 Å². The van der Waals surface area contributed by atoms with Crippen LogP contribution < -0.4 is 0 Å². The molecule has 0 saturated carbocycles. The topological polar surface area (TPSA) is 54.5 Å². The van der Waals surface area contributed by atoms with Crippen molar-refractivity contribution >= 4 is 15.7 Å². The van der Waals surface area contributed by atoms with E-state index in [1.807, 2.05) is 0 Å². The van der Waals surface area contributed by atoms with Crippen LogP contribution in [0.25, 0.3) is 0 Å². The van der Waals surface area contributed by atoms with Gasteiger partial charge in [0.15, 0.2) is 9.84 Å². The minimum atomic E-state index is -4.52. The Labute approximate surface area is 120 Å². The van der Waals surface area contributed by atoms with E-state index in [1.165, 1.54) is 18.0 Å². The number of sulfone groups is 1. The van der Waals surface area contributed by atoms with E-state index in [4.69, 9.17) is 0 Å². The minimum Gasteiger partial charge on any atom is -0.338 e. The van der Waals surface area contributed by atoms with Crippen LogP contribution in [0, 0.1) is 0 Å². The van der Waals surface area contributed by atoms with E-state index in [0.29, 0.717) is 6.42 Å². The van der Waals surface area contributed by atoms with Crippen molar-refractivity contribution in [1.29, 1.82) is 0 Å². The minimum absolute atomic E-state index is 0.00211. The summed E-state index contributed by atoms with van der Waals surface area (Å²) in [5.74, 6) is -0.755. The number of amides is 1. The highest BCUT2D eigenvalue weighted by atomic mass is 32.2. The average Bonchev–Trinajstić information content (AvgIpc) is 2.76. The summed E-state index contributed by atoms with van der Waals surface area (Å²) in [6.07, 6.45) is -4.21. The van der Waals surface area contributed by atoms with Crippen molar-refractivity contribution in [3.05, 3.63) is 35.4 Å². The summed E-state index contributed by atoms with van der Waals surface area (Å²) in [4.78, 5) is 13.4. The lowest BCUT2D eigenvalue weighted by atomic mass is 10.1. The van der Waals surface area contributed by atoms with Crippen LogP contribution in [-0.4, -0.2) is 43.8 Å². The Morgan fingerprint density at radius 1 is 1.33 bits per heavy atom. The van der Waals surface area contributed by atoms with E-state index in [0.717, 1.165) is 18.2 Å². The van der Waals surface area contributed by atoms with Gasteiger partial charge in [-0.15, -0.1) is 0 Å². The predicted octanol–water partition coefficient (Wildman–Crippen LogP) is 1.96. The molecule has 0 bridgehead atoms. The molecular formula is C13H14F3NO3S. The zero-order chi connectivity index (χ0) is 15.8. The number of nitrogens with zero attached hydrogens (tertiary/aromatic N) is 1. The number of alkyl halides is 3. The lowest BCUT2D eigenvalue weighted by Crippen LogP contribution is -2.37. The van der Waals surface area contributed by atoms with Crippen LogP contribution in [-0.2, 0) is 16.0 Å². The Morgan fingerprint density at radius 3 is 2.52 bits per heavy atom. The smallest absolute Gasteiger partial charge is 0.338 e. The van der Waals surface area contributed by atoms with Gasteiger partial charge in [0, 0.05) is 18.7 Å². The molecule has 1 aromatic carbocycles. The molecule has 1 aliphatic rings. The van der Waals surface area contributed by atoms with Crippen LogP contribution >= 0.6 is 0 Å². The van der Waals surface area contributed by atoms with Gasteiger partial charge < -0.3 is 4.90 Å². The van der Waals surface area contributed by atoms with Crippen molar-refractivity contribution in [2.24, 2.45) is 0 Å². The quantitative estimate of drug-likeness (QED) is 0.837. The highest BCUT2D eigenvalue weighted by Crippen LogP contribution is 2.30. The van der Waals surface area contributed by atoms with Crippen LogP contribution in [0.1, 0.15) is 22.3 Å². The molecule has 0 spiro atoms. The van der Waals surface area contributed by atoms with Gasteiger partial charge in [-0.2, -0.15) is 13.2 Å². The summed E-state index contributed by atoms with van der Waals surface area (Å²) in [7, 11) is -1.75. The van der Waals surface area contributed by atoms with Crippen molar-refractivity contribution < 1.29 is 26.4 Å². The molecule has 1 aromatic rings. The maximum atomic E-state index is 12.6. The Balaban J connectivity index is 2.20. The molecule has 1 atom stereocenters. The SMILES string of the molecule is CN(C(=O)c1cccc(C(F)(F)F)c1)C1CCS(=O)(=O)C1. The first kappa shape index (κ1) is 15.8. The number of carbonyl (C=O) groups excluding carboxylic acids is 1. The molecule has 2 rings (SSSR count). The molecule has 4 nitrogen and oxygen atoms in total. The van der Waals surface area contributed by atoms with Gasteiger partial charge in [0.05, 0.1) is 17.1 Å². The average molecular weight is 321 g/mol.